The lowest BCUT2D eigenvalue weighted by atomic mass is 10.1. The van der Waals surface area contributed by atoms with E-state index in [1.165, 1.54) is 17.0 Å². The molecule has 1 aliphatic rings. The molecule has 0 aliphatic carbocycles. The van der Waals surface area contributed by atoms with Crippen LogP contribution in [0.3, 0.4) is 0 Å². The third-order valence-electron chi connectivity index (χ3n) is 5.35. The van der Waals surface area contributed by atoms with Crippen molar-refractivity contribution >= 4 is 5.82 Å². The van der Waals surface area contributed by atoms with Gasteiger partial charge in [-0.15, -0.1) is 10.2 Å². The number of aryl methyl sites for hydroxylation is 1. The molecule has 2 aromatic heterocycles. The van der Waals surface area contributed by atoms with Gasteiger partial charge in [-0.1, -0.05) is 6.07 Å². The van der Waals surface area contributed by atoms with Crippen LogP contribution in [0.5, 0.6) is 5.75 Å². The molecule has 3 heterocycles. The molecular formula is C23H28N6O2. The van der Waals surface area contributed by atoms with E-state index >= 15 is 0 Å². The van der Waals surface area contributed by atoms with Crippen LogP contribution in [-0.2, 0) is 7.05 Å². The number of aromatic nitrogens is 4. The summed E-state index contributed by atoms with van der Waals surface area (Å²) >= 11 is 0. The molecular weight excluding hydrogens is 392 g/mol. The summed E-state index contributed by atoms with van der Waals surface area (Å²) < 4.78 is 1.40. The van der Waals surface area contributed by atoms with Crippen LogP contribution >= 0.6 is 0 Å². The number of hydrogen-bond donors (Lipinski definition) is 2. The van der Waals surface area contributed by atoms with E-state index in [0.29, 0.717) is 28.6 Å². The van der Waals surface area contributed by atoms with Gasteiger partial charge in [-0.2, -0.15) is 0 Å². The van der Waals surface area contributed by atoms with Crippen molar-refractivity contribution < 1.29 is 5.11 Å². The lowest BCUT2D eigenvalue weighted by molar-refractivity contribution is 0.373. The zero-order chi connectivity index (χ0) is 22.2. The standard InChI is InChI=1S/C23H28N6O2/c1-23(2,3)25-16-9-10-29(13-16)21-8-7-18(26-27-21)17-6-5-15(11-20(17)30)19-12-22(31)28(4)14-24-19/h5-8,11-12,14,16,25,30H,9-10,13H2,1-4H3. The maximum Gasteiger partial charge on any atom is 0.253 e. The summed E-state index contributed by atoms with van der Waals surface area (Å²) in [5, 5.41) is 22.9. The minimum Gasteiger partial charge on any atom is -0.507 e. The monoisotopic (exact) mass is 420 g/mol. The first-order chi connectivity index (χ1) is 14.7. The molecule has 2 N–H and O–H groups in total. The van der Waals surface area contributed by atoms with Crippen molar-refractivity contribution in [1.82, 2.24) is 25.1 Å². The molecule has 162 valence electrons. The molecule has 1 unspecified atom stereocenters. The maximum atomic E-state index is 11.9. The Hall–Kier alpha value is -3.26. The van der Waals surface area contributed by atoms with Gasteiger partial charge in [0, 0.05) is 48.9 Å². The second-order valence-electron chi connectivity index (χ2n) is 9.06. The van der Waals surface area contributed by atoms with Crippen molar-refractivity contribution in [3.63, 3.8) is 0 Å². The first kappa shape index (κ1) is 21.0. The number of nitrogens with one attached hydrogen (secondary N) is 1. The molecule has 0 amide bonds. The van der Waals surface area contributed by atoms with E-state index in [0.717, 1.165) is 25.3 Å². The van der Waals surface area contributed by atoms with E-state index in [1.807, 2.05) is 18.2 Å². The van der Waals surface area contributed by atoms with Gasteiger partial charge in [0.05, 0.1) is 17.7 Å². The fourth-order valence-corrected chi connectivity index (χ4v) is 3.86. The second kappa shape index (κ2) is 8.11. The van der Waals surface area contributed by atoms with E-state index < -0.39 is 0 Å². The third-order valence-corrected chi connectivity index (χ3v) is 5.35. The summed E-state index contributed by atoms with van der Waals surface area (Å²) in [6.45, 7) is 8.36. The highest BCUT2D eigenvalue weighted by molar-refractivity contribution is 5.73. The fourth-order valence-electron chi connectivity index (χ4n) is 3.86. The van der Waals surface area contributed by atoms with Gasteiger partial charge < -0.3 is 19.9 Å². The number of phenols is 1. The van der Waals surface area contributed by atoms with Gasteiger partial charge in [0.1, 0.15) is 5.75 Å². The van der Waals surface area contributed by atoms with Crippen molar-refractivity contribution in [2.24, 2.45) is 7.05 Å². The Morgan fingerprint density at radius 2 is 1.90 bits per heavy atom. The minimum atomic E-state index is -0.156. The van der Waals surface area contributed by atoms with E-state index in [9.17, 15) is 9.90 Å². The van der Waals surface area contributed by atoms with Gasteiger partial charge in [-0.25, -0.2) is 4.98 Å². The highest BCUT2D eigenvalue weighted by Gasteiger charge is 2.26. The number of aromatic hydroxyl groups is 1. The average Bonchev–Trinajstić information content (AvgIpc) is 3.17. The van der Waals surface area contributed by atoms with Crippen LogP contribution < -0.4 is 15.8 Å². The van der Waals surface area contributed by atoms with Crippen LogP contribution in [0.4, 0.5) is 5.82 Å². The van der Waals surface area contributed by atoms with Gasteiger partial charge in [-0.3, -0.25) is 4.79 Å². The highest BCUT2D eigenvalue weighted by Crippen LogP contribution is 2.32. The minimum absolute atomic E-state index is 0.0673. The Morgan fingerprint density at radius 3 is 2.55 bits per heavy atom. The molecule has 1 saturated heterocycles. The van der Waals surface area contributed by atoms with Crippen molar-refractivity contribution in [2.75, 3.05) is 18.0 Å². The summed E-state index contributed by atoms with van der Waals surface area (Å²) in [4.78, 5) is 18.3. The summed E-state index contributed by atoms with van der Waals surface area (Å²) in [5.41, 5.74) is 2.28. The predicted molar refractivity (Wildman–Crippen MR) is 121 cm³/mol. The molecule has 4 rings (SSSR count). The zero-order valence-electron chi connectivity index (χ0n) is 18.3. The topological polar surface area (TPSA) is 96.2 Å². The number of rotatable bonds is 4. The van der Waals surface area contributed by atoms with E-state index in [1.54, 1.807) is 19.2 Å². The van der Waals surface area contributed by atoms with E-state index in [4.69, 9.17) is 0 Å². The smallest absolute Gasteiger partial charge is 0.253 e. The first-order valence-electron chi connectivity index (χ1n) is 10.4. The molecule has 8 heteroatoms. The summed E-state index contributed by atoms with van der Waals surface area (Å²) in [6, 6.07) is 10.9. The molecule has 31 heavy (non-hydrogen) atoms. The molecule has 1 aromatic carbocycles. The van der Waals surface area contributed by atoms with E-state index in [2.05, 4.69) is 46.2 Å². The fraction of sp³-hybridized carbons (Fsp3) is 0.391. The normalized spacial score (nSPS) is 16.6. The Balaban J connectivity index is 1.50. The lowest BCUT2D eigenvalue weighted by Gasteiger charge is -2.26. The van der Waals surface area contributed by atoms with E-state index in [-0.39, 0.29) is 16.8 Å². The van der Waals surface area contributed by atoms with Crippen molar-refractivity contribution in [1.29, 1.82) is 0 Å². The third kappa shape index (κ3) is 4.74. The molecule has 1 aliphatic heterocycles. The molecule has 0 spiro atoms. The molecule has 0 radical (unpaired) electrons. The van der Waals surface area contributed by atoms with Crippen molar-refractivity contribution in [3.05, 3.63) is 53.1 Å². The molecule has 1 atom stereocenters. The van der Waals surface area contributed by atoms with Crippen LogP contribution in [0.15, 0.2) is 47.5 Å². The molecule has 0 bridgehead atoms. The van der Waals surface area contributed by atoms with Gasteiger partial charge in [0.2, 0.25) is 0 Å². The Kier molecular flexibility index (Phi) is 5.49. The number of benzene rings is 1. The second-order valence-corrected chi connectivity index (χ2v) is 9.06. The van der Waals surface area contributed by atoms with Crippen LogP contribution in [0.25, 0.3) is 22.5 Å². The number of phenolic OH excluding ortho intramolecular Hbond substituents is 1. The number of nitrogens with zero attached hydrogens (tertiary/aromatic N) is 5. The van der Waals surface area contributed by atoms with Gasteiger partial charge in [0.15, 0.2) is 5.82 Å². The van der Waals surface area contributed by atoms with Gasteiger partial charge in [-0.05, 0) is 51.5 Å². The molecule has 8 nitrogen and oxygen atoms in total. The largest absolute Gasteiger partial charge is 0.507 e. The van der Waals surface area contributed by atoms with Crippen LogP contribution in [0.2, 0.25) is 0 Å². The number of hydrogen-bond acceptors (Lipinski definition) is 7. The Labute approximate surface area is 181 Å². The van der Waals surface area contributed by atoms with Gasteiger partial charge in [0.25, 0.3) is 5.56 Å². The summed E-state index contributed by atoms with van der Waals surface area (Å²) in [7, 11) is 1.64. The summed E-state index contributed by atoms with van der Waals surface area (Å²) in [6.07, 6.45) is 2.53. The highest BCUT2D eigenvalue weighted by atomic mass is 16.3. The predicted octanol–water partition coefficient (Wildman–Crippen LogP) is 2.58. The number of anilines is 1. The van der Waals surface area contributed by atoms with Crippen molar-refractivity contribution in [3.8, 4) is 28.3 Å². The Bertz CT molecular complexity index is 1130. The van der Waals surface area contributed by atoms with Crippen LogP contribution in [-0.4, -0.2) is 49.5 Å². The lowest BCUT2D eigenvalue weighted by Crippen LogP contribution is -2.45. The maximum absolute atomic E-state index is 11.9. The Morgan fingerprint density at radius 1 is 1.10 bits per heavy atom. The van der Waals surface area contributed by atoms with Crippen molar-refractivity contribution in [2.45, 2.75) is 38.8 Å². The SMILES string of the molecule is Cn1cnc(-c2ccc(-c3ccc(N4CCC(NC(C)(C)C)C4)nn3)c(O)c2)cc1=O. The average molecular weight is 421 g/mol. The first-order valence-corrected chi connectivity index (χ1v) is 10.4. The zero-order valence-corrected chi connectivity index (χ0v) is 18.3. The van der Waals surface area contributed by atoms with Crippen LogP contribution in [0.1, 0.15) is 27.2 Å². The quantitative estimate of drug-likeness (QED) is 0.670. The molecule has 3 aromatic rings. The molecule has 1 fully saturated rings. The summed E-state index contributed by atoms with van der Waals surface area (Å²) in [5.74, 6) is 0.903. The van der Waals surface area contributed by atoms with Gasteiger partial charge >= 0.3 is 0 Å². The van der Waals surface area contributed by atoms with Crippen LogP contribution in [0, 0.1) is 0 Å². The molecule has 0 saturated carbocycles.